The first-order valence-corrected chi connectivity index (χ1v) is 5.00. The molecule has 90 valence electrons. The molecule has 3 nitrogen and oxygen atoms in total. The molecule has 0 amide bonds. The largest absolute Gasteiger partial charge is 0.465 e. The number of alkyl halides is 3. The summed E-state index contributed by atoms with van der Waals surface area (Å²) >= 11 is 2.80. The molecular formula is C10H5BrF3NO2. The van der Waals surface area contributed by atoms with Crippen LogP contribution in [-0.4, -0.2) is 13.1 Å². The van der Waals surface area contributed by atoms with Crippen molar-refractivity contribution in [3.05, 3.63) is 33.3 Å². The van der Waals surface area contributed by atoms with Crippen molar-refractivity contribution in [2.24, 2.45) is 0 Å². The van der Waals surface area contributed by atoms with Crippen LogP contribution in [0.5, 0.6) is 0 Å². The lowest BCUT2D eigenvalue weighted by Crippen LogP contribution is -2.15. The standard InChI is InChI=1S/C10H5BrF3NO2/c1-17-9(16)7-6(10(12,13)14)3-2-5(4-15)8(7)11/h2-3H,1H3. The molecule has 0 aliphatic heterocycles. The summed E-state index contributed by atoms with van der Waals surface area (Å²) in [4.78, 5) is 11.3. The van der Waals surface area contributed by atoms with Gasteiger partial charge in [-0.2, -0.15) is 18.4 Å². The average Bonchev–Trinajstić information content (AvgIpc) is 2.26. The molecular weight excluding hydrogens is 303 g/mol. The fourth-order valence-electron chi connectivity index (χ4n) is 1.20. The first-order chi connectivity index (χ1) is 7.82. The summed E-state index contributed by atoms with van der Waals surface area (Å²) in [5.74, 6) is -1.15. The van der Waals surface area contributed by atoms with Gasteiger partial charge in [-0.25, -0.2) is 4.79 Å². The number of nitrogens with zero attached hydrogens (tertiary/aromatic N) is 1. The minimum Gasteiger partial charge on any atom is -0.465 e. The van der Waals surface area contributed by atoms with Crippen molar-refractivity contribution in [3.63, 3.8) is 0 Å². The fraction of sp³-hybridized carbons (Fsp3) is 0.200. The van der Waals surface area contributed by atoms with Crippen LogP contribution in [0.15, 0.2) is 16.6 Å². The van der Waals surface area contributed by atoms with Gasteiger partial charge in [0.1, 0.15) is 6.07 Å². The Bertz CT molecular complexity index is 505. The van der Waals surface area contributed by atoms with Gasteiger partial charge in [-0.3, -0.25) is 0 Å². The number of carbonyl (C=O) groups excluding carboxylic acids is 1. The van der Waals surface area contributed by atoms with E-state index in [2.05, 4.69) is 20.7 Å². The van der Waals surface area contributed by atoms with E-state index < -0.39 is 23.3 Å². The molecule has 0 bridgehead atoms. The summed E-state index contributed by atoms with van der Waals surface area (Å²) in [5, 5.41) is 8.68. The summed E-state index contributed by atoms with van der Waals surface area (Å²) < 4.78 is 42.0. The maximum Gasteiger partial charge on any atom is 0.417 e. The predicted molar refractivity (Wildman–Crippen MR) is 55.2 cm³/mol. The Hall–Kier alpha value is -1.55. The quantitative estimate of drug-likeness (QED) is 0.749. The van der Waals surface area contributed by atoms with Gasteiger partial charge in [0.2, 0.25) is 0 Å². The minimum atomic E-state index is -4.69. The number of rotatable bonds is 1. The molecule has 0 N–H and O–H groups in total. The lowest BCUT2D eigenvalue weighted by atomic mass is 10.0. The maximum atomic E-state index is 12.6. The minimum absolute atomic E-state index is 0.0709. The number of methoxy groups -OCH3 is 1. The molecule has 0 radical (unpaired) electrons. The number of benzene rings is 1. The van der Waals surface area contributed by atoms with Crippen LogP contribution in [-0.2, 0) is 10.9 Å². The number of halogens is 4. The Kier molecular flexibility index (Phi) is 3.78. The molecule has 1 rings (SSSR count). The highest BCUT2D eigenvalue weighted by molar-refractivity contribution is 9.10. The summed E-state index contributed by atoms with van der Waals surface area (Å²) in [5.41, 5.74) is -1.91. The first-order valence-electron chi connectivity index (χ1n) is 4.21. The summed E-state index contributed by atoms with van der Waals surface area (Å²) in [6.07, 6.45) is -4.69. The molecule has 17 heavy (non-hydrogen) atoms. The number of esters is 1. The van der Waals surface area contributed by atoms with Crippen LogP contribution in [0.3, 0.4) is 0 Å². The molecule has 0 unspecified atom stereocenters. The monoisotopic (exact) mass is 307 g/mol. The van der Waals surface area contributed by atoms with Crippen LogP contribution < -0.4 is 0 Å². The van der Waals surface area contributed by atoms with Crippen molar-refractivity contribution in [1.82, 2.24) is 0 Å². The number of hydrogen-bond acceptors (Lipinski definition) is 3. The Labute approximate surface area is 103 Å². The predicted octanol–water partition coefficient (Wildman–Crippen LogP) is 3.13. The van der Waals surface area contributed by atoms with Gasteiger partial charge >= 0.3 is 12.1 Å². The van der Waals surface area contributed by atoms with E-state index in [9.17, 15) is 18.0 Å². The maximum absolute atomic E-state index is 12.6. The van der Waals surface area contributed by atoms with Crippen molar-refractivity contribution in [1.29, 1.82) is 5.26 Å². The van der Waals surface area contributed by atoms with Crippen LogP contribution in [0.1, 0.15) is 21.5 Å². The zero-order valence-corrected chi connectivity index (χ0v) is 10.0. The number of carbonyl (C=O) groups is 1. The van der Waals surface area contributed by atoms with Gasteiger partial charge in [0, 0.05) is 0 Å². The number of ether oxygens (including phenoxy) is 1. The van der Waals surface area contributed by atoms with Crippen LogP contribution in [0, 0.1) is 11.3 Å². The van der Waals surface area contributed by atoms with Crippen LogP contribution in [0.2, 0.25) is 0 Å². The molecule has 7 heteroatoms. The molecule has 0 aromatic heterocycles. The van der Waals surface area contributed by atoms with E-state index in [4.69, 9.17) is 5.26 Å². The molecule has 0 saturated carbocycles. The van der Waals surface area contributed by atoms with Crippen molar-refractivity contribution in [2.45, 2.75) is 6.18 Å². The topological polar surface area (TPSA) is 50.1 Å². The third kappa shape index (κ3) is 2.58. The third-order valence-corrected chi connectivity index (χ3v) is 2.78. The molecule has 1 aromatic carbocycles. The van der Waals surface area contributed by atoms with Crippen molar-refractivity contribution in [2.75, 3.05) is 7.11 Å². The van der Waals surface area contributed by atoms with Gasteiger partial charge in [0.25, 0.3) is 0 Å². The fourth-order valence-corrected chi connectivity index (χ4v) is 1.80. The van der Waals surface area contributed by atoms with Crippen molar-refractivity contribution >= 4 is 21.9 Å². The van der Waals surface area contributed by atoms with E-state index in [1.165, 1.54) is 0 Å². The number of hydrogen-bond donors (Lipinski definition) is 0. The SMILES string of the molecule is COC(=O)c1c(C(F)(F)F)ccc(C#N)c1Br. The van der Waals surface area contributed by atoms with Gasteiger partial charge in [-0.15, -0.1) is 0 Å². The van der Waals surface area contributed by atoms with Gasteiger partial charge < -0.3 is 4.74 Å². The molecule has 0 atom stereocenters. The van der Waals surface area contributed by atoms with E-state index in [-0.39, 0.29) is 10.0 Å². The average molecular weight is 308 g/mol. The van der Waals surface area contributed by atoms with E-state index >= 15 is 0 Å². The lowest BCUT2D eigenvalue weighted by Gasteiger charge is -2.13. The Morgan fingerprint density at radius 2 is 2.06 bits per heavy atom. The Balaban J connectivity index is 3.60. The summed E-state index contributed by atoms with van der Waals surface area (Å²) in [6.45, 7) is 0. The van der Waals surface area contributed by atoms with Crippen molar-refractivity contribution < 1.29 is 22.7 Å². The highest BCUT2D eigenvalue weighted by atomic mass is 79.9. The molecule has 0 aliphatic rings. The van der Waals surface area contributed by atoms with E-state index in [1.807, 2.05) is 0 Å². The Morgan fingerprint density at radius 3 is 2.47 bits per heavy atom. The van der Waals surface area contributed by atoms with Gasteiger partial charge in [0.05, 0.1) is 28.3 Å². The number of nitriles is 1. The second kappa shape index (κ2) is 4.75. The van der Waals surface area contributed by atoms with Crippen LogP contribution in [0.25, 0.3) is 0 Å². The Morgan fingerprint density at radius 1 is 1.47 bits per heavy atom. The van der Waals surface area contributed by atoms with Crippen LogP contribution in [0.4, 0.5) is 13.2 Å². The normalized spacial score (nSPS) is 10.8. The summed E-state index contributed by atoms with van der Waals surface area (Å²) in [7, 11) is 0.966. The first kappa shape index (κ1) is 13.5. The molecule has 0 aliphatic carbocycles. The van der Waals surface area contributed by atoms with Crippen molar-refractivity contribution in [3.8, 4) is 6.07 Å². The van der Waals surface area contributed by atoms with Gasteiger partial charge in [0.15, 0.2) is 0 Å². The third-order valence-electron chi connectivity index (χ3n) is 1.96. The highest BCUT2D eigenvalue weighted by Gasteiger charge is 2.37. The molecule has 0 fully saturated rings. The van der Waals surface area contributed by atoms with E-state index in [0.29, 0.717) is 6.07 Å². The zero-order chi connectivity index (χ0) is 13.2. The van der Waals surface area contributed by atoms with Gasteiger partial charge in [-0.1, -0.05) is 0 Å². The zero-order valence-electron chi connectivity index (χ0n) is 8.43. The highest BCUT2D eigenvalue weighted by Crippen LogP contribution is 2.36. The van der Waals surface area contributed by atoms with E-state index in [1.54, 1.807) is 6.07 Å². The van der Waals surface area contributed by atoms with E-state index in [0.717, 1.165) is 13.2 Å². The lowest BCUT2D eigenvalue weighted by molar-refractivity contribution is -0.138. The second-order valence-electron chi connectivity index (χ2n) is 2.95. The molecule has 0 spiro atoms. The molecule has 0 saturated heterocycles. The smallest absolute Gasteiger partial charge is 0.417 e. The molecule has 1 aromatic rings. The van der Waals surface area contributed by atoms with Crippen LogP contribution >= 0.6 is 15.9 Å². The van der Waals surface area contributed by atoms with Gasteiger partial charge in [-0.05, 0) is 28.1 Å². The second-order valence-corrected chi connectivity index (χ2v) is 3.74. The summed E-state index contributed by atoms with van der Waals surface area (Å²) in [6, 6.07) is 3.33. The molecule has 0 heterocycles.